The lowest BCUT2D eigenvalue weighted by Crippen LogP contribution is -2.24. The highest BCUT2D eigenvalue weighted by Gasteiger charge is 2.03. The Morgan fingerprint density at radius 2 is 1.81 bits per heavy atom. The number of hydrogen-bond acceptors (Lipinski definition) is 2. The lowest BCUT2D eigenvalue weighted by molar-refractivity contribution is 0.626. The highest BCUT2D eigenvalue weighted by Crippen LogP contribution is 2.12. The number of halogens is 2. The molecular formula is C19H16F2N4S. The number of nitrogens with one attached hydrogen (secondary N) is 2. The summed E-state index contributed by atoms with van der Waals surface area (Å²) in [5.41, 5.74) is 4.75. The van der Waals surface area contributed by atoms with Gasteiger partial charge in [0.1, 0.15) is 11.6 Å². The normalized spacial score (nSPS) is 10.8. The lowest BCUT2D eigenvalue weighted by atomic mass is 10.2. The van der Waals surface area contributed by atoms with Crippen LogP contribution in [0, 0.1) is 11.6 Å². The number of nitrogens with zero attached hydrogens (tertiary/aromatic N) is 2. The summed E-state index contributed by atoms with van der Waals surface area (Å²) in [5, 5.41) is 7.00. The maximum absolute atomic E-state index is 13.6. The zero-order valence-electron chi connectivity index (χ0n) is 13.7. The highest BCUT2D eigenvalue weighted by molar-refractivity contribution is 7.80. The number of para-hydroxylation sites is 1. The predicted octanol–water partition coefficient (Wildman–Crippen LogP) is 4.14. The Kier molecular flexibility index (Phi) is 5.70. The first kappa shape index (κ1) is 17.8. The minimum atomic E-state index is -0.395. The molecule has 26 heavy (non-hydrogen) atoms. The Morgan fingerprint density at radius 1 is 1.04 bits per heavy atom. The molecule has 4 nitrogen and oxygen atoms in total. The van der Waals surface area contributed by atoms with Crippen molar-refractivity contribution in [2.24, 2.45) is 5.10 Å². The molecule has 0 radical (unpaired) electrons. The van der Waals surface area contributed by atoms with Gasteiger partial charge in [-0.2, -0.15) is 5.10 Å². The third-order valence-corrected chi connectivity index (χ3v) is 3.81. The molecule has 0 spiro atoms. The Labute approximate surface area is 155 Å². The van der Waals surface area contributed by atoms with Crippen molar-refractivity contribution < 1.29 is 8.78 Å². The predicted molar refractivity (Wildman–Crippen MR) is 103 cm³/mol. The van der Waals surface area contributed by atoms with E-state index in [-0.39, 0.29) is 16.6 Å². The van der Waals surface area contributed by atoms with Crippen molar-refractivity contribution in [2.45, 2.75) is 6.54 Å². The molecular weight excluding hydrogens is 354 g/mol. The van der Waals surface area contributed by atoms with Gasteiger partial charge in [0.2, 0.25) is 0 Å². The number of aromatic nitrogens is 1. The van der Waals surface area contributed by atoms with Gasteiger partial charge in [-0.25, -0.2) is 8.78 Å². The fourth-order valence-electron chi connectivity index (χ4n) is 2.34. The van der Waals surface area contributed by atoms with Crippen LogP contribution in [0.5, 0.6) is 0 Å². The Morgan fingerprint density at radius 3 is 2.58 bits per heavy atom. The first-order valence-electron chi connectivity index (χ1n) is 7.86. The van der Waals surface area contributed by atoms with Crippen LogP contribution < -0.4 is 10.7 Å². The van der Waals surface area contributed by atoms with Gasteiger partial charge >= 0.3 is 0 Å². The first-order chi connectivity index (χ1) is 12.6. The monoisotopic (exact) mass is 370 g/mol. The molecule has 0 aliphatic carbocycles. The summed E-state index contributed by atoms with van der Waals surface area (Å²) < 4.78 is 28.5. The van der Waals surface area contributed by atoms with Gasteiger partial charge in [0, 0.05) is 12.7 Å². The van der Waals surface area contributed by atoms with Crippen molar-refractivity contribution in [1.82, 2.24) is 9.99 Å². The maximum Gasteiger partial charge on any atom is 0.191 e. The van der Waals surface area contributed by atoms with E-state index in [9.17, 15) is 8.78 Å². The Hall–Kier alpha value is -3.06. The summed E-state index contributed by atoms with van der Waals surface area (Å²) in [7, 11) is 0. The standard InChI is InChI=1S/C19H16F2N4S/c20-15-9-7-14(8-10-15)13-25-11-3-4-16(25)12-22-24-19(26)23-18-6-2-1-5-17(18)21/h1-12H,13H2,(H2,23,24,26)/b22-12+. The maximum atomic E-state index is 13.6. The van der Waals surface area contributed by atoms with Crippen molar-refractivity contribution >= 4 is 29.2 Å². The van der Waals surface area contributed by atoms with Crippen molar-refractivity contribution in [3.63, 3.8) is 0 Å². The van der Waals surface area contributed by atoms with E-state index < -0.39 is 5.82 Å². The van der Waals surface area contributed by atoms with Gasteiger partial charge in [-0.15, -0.1) is 0 Å². The fraction of sp³-hybridized carbons (Fsp3) is 0.0526. The molecule has 132 valence electrons. The molecule has 0 atom stereocenters. The number of thiocarbonyl (C=S) groups is 1. The summed E-state index contributed by atoms with van der Waals surface area (Å²) in [6.45, 7) is 0.590. The van der Waals surface area contributed by atoms with Crippen LogP contribution in [0.25, 0.3) is 0 Å². The van der Waals surface area contributed by atoms with E-state index in [1.807, 2.05) is 22.9 Å². The summed E-state index contributed by atoms with van der Waals surface area (Å²) in [4.78, 5) is 0. The summed E-state index contributed by atoms with van der Waals surface area (Å²) >= 11 is 5.10. The molecule has 1 heterocycles. The lowest BCUT2D eigenvalue weighted by Gasteiger charge is -2.08. The molecule has 0 aliphatic heterocycles. The smallest absolute Gasteiger partial charge is 0.191 e. The van der Waals surface area contributed by atoms with Crippen molar-refractivity contribution in [3.8, 4) is 0 Å². The van der Waals surface area contributed by atoms with Gasteiger partial charge in [0.25, 0.3) is 0 Å². The van der Waals surface area contributed by atoms with Crippen LogP contribution in [0.3, 0.4) is 0 Å². The van der Waals surface area contributed by atoms with Crippen LogP contribution in [0.2, 0.25) is 0 Å². The Bertz CT molecular complexity index is 919. The fourth-order valence-corrected chi connectivity index (χ4v) is 2.51. The van der Waals surface area contributed by atoms with E-state index >= 15 is 0 Å². The average Bonchev–Trinajstić information content (AvgIpc) is 3.06. The summed E-state index contributed by atoms with van der Waals surface area (Å²) in [6, 6.07) is 16.4. The molecule has 2 N–H and O–H groups in total. The first-order valence-corrected chi connectivity index (χ1v) is 8.27. The molecule has 3 rings (SSSR count). The molecule has 1 aromatic heterocycles. The molecule has 0 aliphatic rings. The zero-order valence-corrected chi connectivity index (χ0v) is 14.5. The third kappa shape index (κ3) is 4.73. The van der Waals surface area contributed by atoms with Crippen molar-refractivity contribution in [2.75, 3.05) is 5.32 Å². The molecule has 0 amide bonds. The number of hydrogen-bond donors (Lipinski definition) is 2. The number of anilines is 1. The topological polar surface area (TPSA) is 41.4 Å². The van der Waals surface area contributed by atoms with Crippen LogP contribution in [0.15, 0.2) is 72.0 Å². The number of rotatable bonds is 5. The SMILES string of the molecule is Fc1ccc(Cn2cccc2/C=N/NC(=S)Nc2ccccc2F)cc1. The zero-order chi connectivity index (χ0) is 18.4. The van der Waals surface area contributed by atoms with Gasteiger partial charge in [0.05, 0.1) is 17.6 Å². The van der Waals surface area contributed by atoms with Gasteiger partial charge in [-0.05, 0) is 54.2 Å². The summed E-state index contributed by atoms with van der Waals surface area (Å²) in [5.74, 6) is -0.656. The third-order valence-electron chi connectivity index (χ3n) is 3.62. The molecule has 0 saturated carbocycles. The largest absolute Gasteiger partial charge is 0.342 e. The molecule has 0 bridgehead atoms. The molecule has 7 heteroatoms. The molecule has 0 saturated heterocycles. The average molecular weight is 370 g/mol. The highest BCUT2D eigenvalue weighted by atomic mass is 32.1. The van der Waals surface area contributed by atoms with Crippen LogP contribution in [0.1, 0.15) is 11.3 Å². The quantitative estimate of drug-likeness (QED) is 0.403. The van der Waals surface area contributed by atoms with Crippen LogP contribution >= 0.6 is 12.2 Å². The van der Waals surface area contributed by atoms with E-state index in [0.29, 0.717) is 6.54 Å². The summed E-state index contributed by atoms with van der Waals surface area (Å²) in [6.07, 6.45) is 3.51. The second-order valence-electron chi connectivity index (χ2n) is 5.49. The number of benzene rings is 2. The second kappa shape index (κ2) is 8.35. The van der Waals surface area contributed by atoms with Crippen molar-refractivity contribution in [3.05, 3.63) is 89.8 Å². The van der Waals surface area contributed by atoms with E-state index in [0.717, 1.165) is 11.3 Å². The minimum absolute atomic E-state index is 0.183. The van der Waals surface area contributed by atoms with E-state index in [1.165, 1.54) is 18.2 Å². The minimum Gasteiger partial charge on any atom is -0.342 e. The van der Waals surface area contributed by atoms with Crippen molar-refractivity contribution in [1.29, 1.82) is 0 Å². The van der Waals surface area contributed by atoms with Gasteiger partial charge in [-0.3, -0.25) is 5.43 Å². The van der Waals surface area contributed by atoms with E-state index in [4.69, 9.17) is 12.2 Å². The van der Waals surface area contributed by atoms with Gasteiger partial charge in [0.15, 0.2) is 5.11 Å². The second-order valence-corrected chi connectivity index (χ2v) is 5.90. The molecule has 0 unspecified atom stereocenters. The molecule has 2 aromatic carbocycles. The molecule has 3 aromatic rings. The van der Waals surface area contributed by atoms with E-state index in [1.54, 1.807) is 36.5 Å². The van der Waals surface area contributed by atoms with Crippen LogP contribution in [-0.2, 0) is 6.54 Å². The number of hydrazone groups is 1. The Balaban J connectivity index is 1.59. The van der Waals surface area contributed by atoms with Crippen LogP contribution in [-0.4, -0.2) is 15.9 Å². The van der Waals surface area contributed by atoms with Crippen LogP contribution in [0.4, 0.5) is 14.5 Å². The van der Waals surface area contributed by atoms with Gasteiger partial charge < -0.3 is 9.88 Å². The van der Waals surface area contributed by atoms with Gasteiger partial charge in [-0.1, -0.05) is 24.3 Å². The molecule has 0 fully saturated rings. The van der Waals surface area contributed by atoms with E-state index in [2.05, 4.69) is 15.8 Å².